The summed E-state index contributed by atoms with van der Waals surface area (Å²) in [4.78, 5) is 38.2. The minimum absolute atomic E-state index is 0.0672. The normalized spacial score (nSPS) is 12.0. The van der Waals surface area contributed by atoms with Crippen molar-refractivity contribution < 1.29 is 28.6 Å². The van der Waals surface area contributed by atoms with Gasteiger partial charge in [-0.2, -0.15) is 0 Å². The predicted molar refractivity (Wildman–Crippen MR) is 284 cm³/mol. The summed E-state index contributed by atoms with van der Waals surface area (Å²) in [5.74, 6) is -0.849. The lowest BCUT2D eigenvalue weighted by atomic mass is 10.0. The highest BCUT2D eigenvalue weighted by atomic mass is 16.6. The number of esters is 3. The van der Waals surface area contributed by atoms with E-state index in [0.29, 0.717) is 19.3 Å². The highest BCUT2D eigenvalue weighted by Gasteiger charge is 2.19. The molecule has 0 heterocycles. The third-order valence-electron chi connectivity index (χ3n) is 13.5. The summed E-state index contributed by atoms with van der Waals surface area (Å²) >= 11 is 0. The van der Waals surface area contributed by atoms with Crippen LogP contribution in [0.15, 0.2) is 12.2 Å². The lowest BCUT2D eigenvalue weighted by molar-refractivity contribution is -0.167. The summed E-state index contributed by atoms with van der Waals surface area (Å²) in [6.07, 6.45) is 63.4. The molecule has 0 aliphatic rings. The quantitative estimate of drug-likeness (QED) is 0.0262. The molecule has 0 aromatic heterocycles. The van der Waals surface area contributed by atoms with Crippen LogP contribution in [0.4, 0.5) is 0 Å². The largest absolute Gasteiger partial charge is 0.462 e. The Hall–Kier alpha value is -1.85. The Bertz CT molecular complexity index is 1020. The van der Waals surface area contributed by atoms with E-state index in [1.54, 1.807) is 0 Å². The van der Waals surface area contributed by atoms with E-state index in [1.165, 1.54) is 231 Å². The van der Waals surface area contributed by atoms with E-state index in [9.17, 15) is 14.4 Å². The van der Waals surface area contributed by atoms with Gasteiger partial charge >= 0.3 is 17.9 Å². The van der Waals surface area contributed by atoms with E-state index < -0.39 is 6.10 Å². The summed E-state index contributed by atoms with van der Waals surface area (Å²) in [6.45, 7) is 6.69. The molecular weight excluding hydrogens is 817 g/mol. The SMILES string of the molecule is CCCCCCCCC/C=C\CCCCCCCC(=O)OC(COC(=O)CCCCCCCCCCCCCCCC)COC(=O)CCCCCCCCCCCCCCCCCCCC. The first kappa shape index (κ1) is 64.2. The Kier molecular flexibility index (Phi) is 54.2. The van der Waals surface area contributed by atoms with Gasteiger partial charge in [-0.05, 0) is 44.9 Å². The average molecular weight is 932 g/mol. The fraction of sp³-hybridized carbons (Fsp3) is 0.917. The van der Waals surface area contributed by atoms with Crippen molar-refractivity contribution in [2.24, 2.45) is 0 Å². The van der Waals surface area contributed by atoms with Crippen LogP contribution < -0.4 is 0 Å². The summed E-state index contributed by atoms with van der Waals surface area (Å²) < 4.78 is 16.9. The maximum Gasteiger partial charge on any atom is 0.306 e. The number of hydrogen-bond acceptors (Lipinski definition) is 6. The van der Waals surface area contributed by atoms with Crippen molar-refractivity contribution >= 4 is 17.9 Å². The molecule has 6 nitrogen and oxygen atoms in total. The van der Waals surface area contributed by atoms with Gasteiger partial charge in [-0.3, -0.25) is 14.4 Å². The maximum absolute atomic E-state index is 12.9. The van der Waals surface area contributed by atoms with Crippen molar-refractivity contribution in [3.05, 3.63) is 12.2 Å². The van der Waals surface area contributed by atoms with E-state index in [-0.39, 0.29) is 31.1 Å². The molecule has 0 bridgehead atoms. The van der Waals surface area contributed by atoms with E-state index in [2.05, 4.69) is 32.9 Å². The zero-order valence-electron chi connectivity index (χ0n) is 44.7. The molecule has 0 amide bonds. The highest BCUT2D eigenvalue weighted by Crippen LogP contribution is 2.17. The molecule has 0 N–H and O–H groups in total. The fourth-order valence-corrected chi connectivity index (χ4v) is 9.03. The number of carbonyl (C=O) groups excluding carboxylic acids is 3. The summed E-state index contributed by atoms with van der Waals surface area (Å²) in [7, 11) is 0. The number of rotatable bonds is 55. The van der Waals surface area contributed by atoms with Gasteiger partial charge in [-0.15, -0.1) is 0 Å². The molecule has 6 heteroatoms. The van der Waals surface area contributed by atoms with Crippen LogP contribution >= 0.6 is 0 Å². The van der Waals surface area contributed by atoms with Crippen LogP contribution in [-0.4, -0.2) is 37.2 Å². The van der Waals surface area contributed by atoms with E-state index in [1.807, 2.05) is 0 Å². The van der Waals surface area contributed by atoms with Gasteiger partial charge in [0, 0.05) is 19.3 Å². The van der Waals surface area contributed by atoms with Crippen LogP contribution in [0, 0.1) is 0 Å². The van der Waals surface area contributed by atoms with Gasteiger partial charge in [-0.1, -0.05) is 283 Å². The lowest BCUT2D eigenvalue weighted by Gasteiger charge is -2.18. The smallest absolute Gasteiger partial charge is 0.306 e. The Morgan fingerprint density at radius 3 is 0.758 bits per heavy atom. The Morgan fingerprint density at radius 2 is 0.500 bits per heavy atom. The third-order valence-corrected chi connectivity index (χ3v) is 13.5. The van der Waals surface area contributed by atoms with Crippen molar-refractivity contribution in [3.63, 3.8) is 0 Å². The molecular formula is C60H114O6. The number of hydrogen-bond donors (Lipinski definition) is 0. The van der Waals surface area contributed by atoms with Crippen LogP contribution in [0.2, 0.25) is 0 Å². The molecule has 0 spiro atoms. The Balaban J connectivity index is 4.31. The van der Waals surface area contributed by atoms with Gasteiger partial charge in [0.25, 0.3) is 0 Å². The van der Waals surface area contributed by atoms with Crippen LogP contribution in [-0.2, 0) is 28.6 Å². The molecule has 0 radical (unpaired) electrons. The first-order valence-corrected chi connectivity index (χ1v) is 29.7. The van der Waals surface area contributed by atoms with Crippen molar-refractivity contribution in [1.29, 1.82) is 0 Å². The molecule has 0 aliphatic carbocycles. The zero-order valence-corrected chi connectivity index (χ0v) is 44.7. The van der Waals surface area contributed by atoms with Crippen molar-refractivity contribution in [3.8, 4) is 0 Å². The van der Waals surface area contributed by atoms with Crippen LogP contribution in [0.25, 0.3) is 0 Å². The number of unbranched alkanes of at least 4 members (excludes halogenated alkanes) is 42. The predicted octanol–water partition coefficient (Wildman–Crippen LogP) is 19.7. The monoisotopic (exact) mass is 931 g/mol. The molecule has 0 rings (SSSR count). The summed E-state index contributed by atoms with van der Waals surface area (Å²) in [6, 6.07) is 0. The molecule has 0 fully saturated rings. The minimum Gasteiger partial charge on any atom is -0.462 e. The van der Waals surface area contributed by atoms with Crippen molar-refractivity contribution in [1.82, 2.24) is 0 Å². The van der Waals surface area contributed by atoms with Gasteiger partial charge in [0.15, 0.2) is 6.10 Å². The van der Waals surface area contributed by atoms with Crippen LogP contribution in [0.3, 0.4) is 0 Å². The average Bonchev–Trinajstić information content (AvgIpc) is 3.31. The molecule has 0 saturated heterocycles. The molecule has 0 aromatic rings. The molecule has 1 unspecified atom stereocenters. The standard InChI is InChI=1S/C60H114O6/c1-4-7-10-13-16-19-22-25-28-30-31-33-35-38-41-44-47-50-53-59(62)65-56-57(55-64-58(61)52-49-46-43-40-37-34-27-24-21-18-15-12-9-6-3)66-60(63)54-51-48-45-42-39-36-32-29-26-23-20-17-14-11-8-5-2/h29,32,57H,4-28,30-31,33-56H2,1-3H3/b32-29-. The summed E-state index contributed by atoms with van der Waals surface area (Å²) in [5, 5.41) is 0. The van der Waals surface area contributed by atoms with Crippen LogP contribution in [0.1, 0.15) is 335 Å². The minimum atomic E-state index is -0.769. The fourth-order valence-electron chi connectivity index (χ4n) is 9.03. The Labute approximate surface area is 411 Å². The Morgan fingerprint density at radius 1 is 0.288 bits per heavy atom. The third kappa shape index (κ3) is 53.1. The molecule has 1 atom stereocenters. The number of ether oxygens (including phenoxy) is 3. The van der Waals surface area contributed by atoms with E-state index in [4.69, 9.17) is 14.2 Å². The zero-order chi connectivity index (χ0) is 47.9. The first-order chi connectivity index (χ1) is 32.5. The first-order valence-electron chi connectivity index (χ1n) is 29.7. The van der Waals surface area contributed by atoms with Gasteiger partial charge in [-0.25, -0.2) is 0 Å². The van der Waals surface area contributed by atoms with Crippen molar-refractivity contribution in [2.45, 2.75) is 341 Å². The second-order valence-corrected chi connectivity index (χ2v) is 20.3. The molecule has 390 valence electrons. The molecule has 0 aliphatic heterocycles. The van der Waals surface area contributed by atoms with Crippen molar-refractivity contribution in [2.75, 3.05) is 13.2 Å². The van der Waals surface area contributed by atoms with E-state index in [0.717, 1.165) is 64.2 Å². The number of carbonyl (C=O) groups is 3. The topological polar surface area (TPSA) is 78.9 Å². The van der Waals surface area contributed by atoms with Gasteiger partial charge in [0.05, 0.1) is 0 Å². The highest BCUT2D eigenvalue weighted by molar-refractivity contribution is 5.71. The second kappa shape index (κ2) is 55.7. The maximum atomic E-state index is 12.9. The number of allylic oxidation sites excluding steroid dienone is 2. The summed E-state index contributed by atoms with van der Waals surface area (Å²) in [5.41, 5.74) is 0. The van der Waals surface area contributed by atoms with Gasteiger partial charge in [0.2, 0.25) is 0 Å². The van der Waals surface area contributed by atoms with Gasteiger partial charge < -0.3 is 14.2 Å². The molecule has 66 heavy (non-hydrogen) atoms. The lowest BCUT2D eigenvalue weighted by Crippen LogP contribution is -2.30. The molecule has 0 saturated carbocycles. The molecule has 0 aromatic carbocycles. The van der Waals surface area contributed by atoms with Crippen LogP contribution in [0.5, 0.6) is 0 Å². The second-order valence-electron chi connectivity index (χ2n) is 20.3. The van der Waals surface area contributed by atoms with E-state index >= 15 is 0 Å². The van der Waals surface area contributed by atoms with Gasteiger partial charge in [0.1, 0.15) is 13.2 Å².